The predicted octanol–water partition coefficient (Wildman–Crippen LogP) is 3.70. The van der Waals surface area contributed by atoms with Crippen LogP contribution in [0, 0.1) is 0 Å². The molecule has 0 atom stereocenters. The lowest BCUT2D eigenvalue weighted by atomic mass is 10.1. The van der Waals surface area contributed by atoms with E-state index < -0.39 is 0 Å². The molecule has 0 radical (unpaired) electrons. The standard InChI is InChI=1S/C22H23BrN4O4S/c1-14(28)24-11-10-21-25-26-22(27(21)17-6-4-5-7-20(17)31-3)32-13-18(29)15-8-9-19(30-2)16(23)12-15/h4-9,12H,10-11,13H2,1-3H3,(H,24,28). The second kappa shape index (κ2) is 11.1. The highest BCUT2D eigenvalue weighted by Gasteiger charge is 2.19. The molecule has 0 aliphatic rings. The monoisotopic (exact) mass is 518 g/mol. The van der Waals surface area contributed by atoms with Gasteiger partial charge in [0.25, 0.3) is 0 Å². The molecule has 0 spiro atoms. The van der Waals surface area contributed by atoms with E-state index >= 15 is 0 Å². The van der Waals surface area contributed by atoms with Gasteiger partial charge in [0.1, 0.15) is 17.3 Å². The van der Waals surface area contributed by atoms with Gasteiger partial charge in [0, 0.05) is 25.5 Å². The van der Waals surface area contributed by atoms with Crippen LogP contribution in [0.4, 0.5) is 0 Å². The molecule has 3 aromatic rings. The number of thioether (sulfide) groups is 1. The molecule has 1 N–H and O–H groups in total. The highest BCUT2D eigenvalue weighted by atomic mass is 79.9. The van der Waals surface area contributed by atoms with Crippen LogP contribution in [0.25, 0.3) is 5.69 Å². The molecule has 1 amide bonds. The number of nitrogens with zero attached hydrogens (tertiary/aromatic N) is 3. The summed E-state index contributed by atoms with van der Waals surface area (Å²) in [5, 5.41) is 11.9. The van der Waals surface area contributed by atoms with Crippen molar-refractivity contribution in [2.24, 2.45) is 0 Å². The highest BCUT2D eigenvalue weighted by Crippen LogP contribution is 2.30. The Hall–Kier alpha value is -2.85. The minimum absolute atomic E-state index is 0.0484. The van der Waals surface area contributed by atoms with Gasteiger partial charge in [-0.2, -0.15) is 0 Å². The topological polar surface area (TPSA) is 95.3 Å². The lowest BCUT2D eigenvalue weighted by Crippen LogP contribution is -2.23. The van der Waals surface area contributed by atoms with Crippen molar-refractivity contribution in [3.63, 3.8) is 0 Å². The molecule has 0 saturated heterocycles. The number of aromatic nitrogens is 3. The lowest BCUT2D eigenvalue weighted by molar-refractivity contribution is -0.118. The fourth-order valence-corrected chi connectivity index (χ4v) is 4.41. The zero-order valence-electron chi connectivity index (χ0n) is 17.9. The van der Waals surface area contributed by atoms with Gasteiger partial charge < -0.3 is 14.8 Å². The quantitative estimate of drug-likeness (QED) is 0.323. The van der Waals surface area contributed by atoms with E-state index in [1.165, 1.54) is 18.7 Å². The molecular weight excluding hydrogens is 496 g/mol. The maximum atomic E-state index is 12.8. The van der Waals surface area contributed by atoms with Gasteiger partial charge in [0.2, 0.25) is 5.91 Å². The number of amides is 1. The second-order valence-electron chi connectivity index (χ2n) is 6.70. The number of ketones is 1. The van der Waals surface area contributed by atoms with Gasteiger partial charge >= 0.3 is 0 Å². The molecule has 0 bridgehead atoms. The first kappa shape index (κ1) is 23.8. The first-order valence-corrected chi connectivity index (χ1v) is 11.5. The van der Waals surface area contributed by atoms with Crippen molar-refractivity contribution >= 4 is 39.4 Å². The van der Waals surface area contributed by atoms with E-state index in [-0.39, 0.29) is 17.4 Å². The van der Waals surface area contributed by atoms with Crippen LogP contribution in [0.15, 0.2) is 52.1 Å². The third-order valence-corrected chi connectivity index (χ3v) is 6.10. The van der Waals surface area contributed by atoms with Crippen LogP contribution in [-0.2, 0) is 11.2 Å². The summed E-state index contributed by atoms with van der Waals surface area (Å²) in [6, 6.07) is 12.7. The molecule has 2 aromatic carbocycles. The minimum Gasteiger partial charge on any atom is -0.496 e. The summed E-state index contributed by atoms with van der Waals surface area (Å²) in [6.07, 6.45) is 0.477. The normalized spacial score (nSPS) is 10.6. The number of Topliss-reactive ketones (excluding diaryl/α,β-unsaturated/α-hetero) is 1. The van der Waals surface area contributed by atoms with Gasteiger partial charge in [-0.1, -0.05) is 23.9 Å². The predicted molar refractivity (Wildman–Crippen MR) is 126 cm³/mol. The van der Waals surface area contributed by atoms with Crippen LogP contribution in [0.2, 0.25) is 0 Å². The molecule has 10 heteroatoms. The van der Waals surface area contributed by atoms with Crippen LogP contribution in [0.3, 0.4) is 0 Å². The number of methoxy groups -OCH3 is 2. The number of nitrogens with one attached hydrogen (secondary N) is 1. The summed E-state index contributed by atoms with van der Waals surface area (Å²) >= 11 is 4.70. The summed E-state index contributed by atoms with van der Waals surface area (Å²) < 4.78 is 13.3. The number of para-hydroxylation sites is 2. The van der Waals surface area contributed by atoms with Crippen LogP contribution < -0.4 is 14.8 Å². The third-order valence-electron chi connectivity index (χ3n) is 4.56. The maximum Gasteiger partial charge on any atom is 0.216 e. The number of benzene rings is 2. The van der Waals surface area contributed by atoms with Gasteiger partial charge in [-0.3, -0.25) is 14.2 Å². The van der Waals surface area contributed by atoms with E-state index in [2.05, 4.69) is 31.4 Å². The Morgan fingerprint density at radius 2 is 1.84 bits per heavy atom. The first-order chi connectivity index (χ1) is 15.4. The fourth-order valence-electron chi connectivity index (χ4n) is 3.02. The number of carbonyl (C=O) groups is 2. The summed E-state index contributed by atoms with van der Waals surface area (Å²) in [6.45, 7) is 1.89. The zero-order chi connectivity index (χ0) is 23.1. The van der Waals surface area contributed by atoms with Gasteiger partial charge in [0.05, 0.1) is 30.1 Å². The molecule has 0 unspecified atom stereocenters. The van der Waals surface area contributed by atoms with Crippen molar-refractivity contribution in [3.8, 4) is 17.2 Å². The van der Waals surface area contributed by atoms with Crippen LogP contribution in [0.1, 0.15) is 23.1 Å². The number of halogens is 1. The Kier molecular flexibility index (Phi) is 8.29. The van der Waals surface area contributed by atoms with Gasteiger partial charge in [-0.05, 0) is 46.3 Å². The van der Waals surface area contributed by atoms with Crippen LogP contribution in [-0.4, -0.2) is 53.0 Å². The number of ether oxygens (including phenoxy) is 2. The average Bonchev–Trinajstić information content (AvgIpc) is 3.19. The van der Waals surface area contributed by atoms with Crippen molar-refractivity contribution in [1.29, 1.82) is 0 Å². The molecule has 0 fully saturated rings. The lowest BCUT2D eigenvalue weighted by Gasteiger charge is -2.14. The van der Waals surface area contributed by atoms with Crippen molar-refractivity contribution in [2.75, 3.05) is 26.5 Å². The third kappa shape index (κ3) is 5.68. The van der Waals surface area contributed by atoms with Crippen molar-refractivity contribution in [2.45, 2.75) is 18.5 Å². The van der Waals surface area contributed by atoms with Crippen molar-refractivity contribution in [3.05, 3.63) is 58.3 Å². The summed E-state index contributed by atoms with van der Waals surface area (Å²) in [5.41, 5.74) is 1.33. The smallest absolute Gasteiger partial charge is 0.216 e. The Labute approximate surface area is 198 Å². The van der Waals surface area contributed by atoms with Gasteiger partial charge in [0.15, 0.2) is 10.9 Å². The molecular formula is C22H23BrN4O4S. The summed E-state index contributed by atoms with van der Waals surface area (Å²) in [4.78, 5) is 24.0. The van der Waals surface area contributed by atoms with E-state index in [9.17, 15) is 9.59 Å². The van der Waals surface area contributed by atoms with E-state index in [1.807, 2.05) is 28.8 Å². The van der Waals surface area contributed by atoms with Gasteiger partial charge in [-0.25, -0.2) is 0 Å². The molecule has 3 rings (SSSR count). The summed E-state index contributed by atoms with van der Waals surface area (Å²) in [5.74, 6) is 1.99. The average molecular weight is 519 g/mol. The van der Waals surface area contributed by atoms with E-state index in [0.29, 0.717) is 45.5 Å². The summed E-state index contributed by atoms with van der Waals surface area (Å²) in [7, 11) is 3.17. The Bertz CT molecular complexity index is 1120. The maximum absolute atomic E-state index is 12.8. The molecule has 1 aromatic heterocycles. The van der Waals surface area contributed by atoms with Crippen LogP contribution in [0.5, 0.6) is 11.5 Å². The molecule has 0 aliphatic heterocycles. The minimum atomic E-state index is -0.112. The number of hydrogen-bond acceptors (Lipinski definition) is 7. The van der Waals surface area contributed by atoms with Crippen molar-refractivity contribution in [1.82, 2.24) is 20.1 Å². The Morgan fingerprint density at radius 3 is 2.53 bits per heavy atom. The van der Waals surface area contributed by atoms with E-state index in [1.54, 1.807) is 32.4 Å². The SMILES string of the molecule is COc1ccc(C(=O)CSc2nnc(CCNC(C)=O)n2-c2ccccc2OC)cc1Br. The van der Waals surface area contributed by atoms with E-state index in [4.69, 9.17) is 9.47 Å². The van der Waals surface area contributed by atoms with Crippen molar-refractivity contribution < 1.29 is 19.1 Å². The second-order valence-corrected chi connectivity index (χ2v) is 8.50. The fraction of sp³-hybridized carbons (Fsp3) is 0.273. The Balaban J connectivity index is 1.85. The van der Waals surface area contributed by atoms with E-state index in [0.717, 1.165) is 5.69 Å². The van der Waals surface area contributed by atoms with Gasteiger partial charge in [-0.15, -0.1) is 10.2 Å². The molecule has 32 heavy (non-hydrogen) atoms. The highest BCUT2D eigenvalue weighted by molar-refractivity contribution is 9.10. The molecule has 0 saturated carbocycles. The van der Waals surface area contributed by atoms with Crippen LogP contribution >= 0.6 is 27.7 Å². The molecule has 168 valence electrons. The molecule has 1 heterocycles. The zero-order valence-corrected chi connectivity index (χ0v) is 20.3. The first-order valence-electron chi connectivity index (χ1n) is 9.76. The largest absolute Gasteiger partial charge is 0.496 e. The number of hydrogen-bond donors (Lipinski definition) is 1. The number of carbonyl (C=O) groups excluding carboxylic acids is 2. The molecule has 8 nitrogen and oxygen atoms in total. The Morgan fingerprint density at radius 1 is 1.09 bits per heavy atom. The molecule has 0 aliphatic carbocycles. The number of rotatable bonds is 10.